The number of halogens is 4. The predicted octanol–water partition coefficient (Wildman–Crippen LogP) is 6.20. The van der Waals surface area contributed by atoms with Crippen molar-refractivity contribution in [2.24, 2.45) is 0 Å². The highest BCUT2D eigenvalue weighted by atomic mass is 35.5. The summed E-state index contributed by atoms with van der Waals surface area (Å²) in [5.74, 6) is 0. The Morgan fingerprint density at radius 2 is 2.00 bits per heavy atom. The van der Waals surface area contributed by atoms with Crippen LogP contribution in [0.15, 0.2) is 36.4 Å². The van der Waals surface area contributed by atoms with Gasteiger partial charge in [0.1, 0.15) is 6.10 Å². The van der Waals surface area contributed by atoms with Crippen LogP contribution in [0, 0.1) is 0 Å². The fourth-order valence-corrected chi connectivity index (χ4v) is 3.34. The maximum absolute atomic E-state index is 12.9. The van der Waals surface area contributed by atoms with Gasteiger partial charge in [-0.15, -0.1) is 0 Å². The van der Waals surface area contributed by atoms with E-state index in [-0.39, 0.29) is 11.3 Å². The minimum absolute atomic E-state index is 0.261. The maximum atomic E-state index is 12.9. The zero-order valence-corrected chi connectivity index (χ0v) is 14.1. The molecule has 0 radical (unpaired) electrons. The van der Waals surface area contributed by atoms with E-state index in [1.165, 1.54) is 6.07 Å². The van der Waals surface area contributed by atoms with Gasteiger partial charge < -0.3 is 10.1 Å². The molecule has 0 aromatic heterocycles. The van der Waals surface area contributed by atoms with Gasteiger partial charge in [-0.1, -0.05) is 36.7 Å². The quantitative estimate of drug-likeness (QED) is 0.634. The van der Waals surface area contributed by atoms with Crippen LogP contribution in [0.2, 0.25) is 5.02 Å². The normalized spacial score (nSPS) is 17.0. The highest BCUT2D eigenvalue weighted by molar-refractivity contribution is 7.80. The van der Waals surface area contributed by atoms with Gasteiger partial charge in [0.05, 0.1) is 16.3 Å². The van der Waals surface area contributed by atoms with Crippen molar-refractivity contribution in [3.8, 4) is 11.1 Å². The van der Waals surface area contributed by atoms with Crippen molar-refractivity contribution >= 4 is 34.7 Å². The SMILES string of the molecule is CCC1OC(=S)Nc2ccc(-c3cccc(C(F)(F)F)c3)c(Cl)c21. The maximum Gasteiger partial charge on any atom is 0.416 e. The molecule has 0 aliphatic carbocycles. The molecule has 0 fully saturated rings. The molecule has 0 bridgehead atoms. The predicted molar refractivity (Wildman–Crippen MR) is 92.2 cm³/mol. The van der Waals surface area contributed by atoms with Crippen molar-refractivity contribution in [1.82, 2.24) is 0 Å². The van der Waals surface area contributed by atoms with Crippen molar-refractivity contribution in [3.05, 3.63) is 52.5 Å². The largest absolute Gasteiger partial charge is 0.462 e. The Morgan fingerprint density at radius 3 is 2.67 bits per heavy atom. The second-order valence-electron chi connectivity index (χ2n) is 5.39. The number of fused-ring (bicyclic) bond motifs is 1. The van der Waals surface area contributed by atoms with Crippen LogP contribution in [-0.2, 0) is 10.9 Å². The van der Waals surface area contributed by atoms with Gasteiger partial charge in [0.2, 0.25) is 0 Å². The number of thiocarbonyl (C=S) groups is 1. The fourth-order valence-electron chi connectivity index (χ4n) is 2.72. The van der Waals surface area contributed by atoms with Crippen LogP contribution in [0.3, 0.4) is 0 Å². The van der Waals surface area contributed by atoms with Gasteiger partial charge in [-0.3, -0.25) is 0 Å². The minimum atomic E-state index is -4.40. The van der Waals surface area contributed by atoms with Crippen LogP contribution in [0.5, 0.6) is 0 Å². The standard InChI is InChI=1S/C17H13ClF3NOS/c1-2-13-14-12(22-16(24)23-13)7-6-11(15(14)18)9-4-3-5-10(8-9)17(19,20)21/h3-8,13H,2H2,1H3,(H,22,24). The number of benzene rings is 2. The molecule has 0 saturated carbocycles. The van der Waals surface area contributed by atoms with E-state index in [0.717, 1.165) is 17.8 Å². The van der Waals surface area contributed by atoms with E-state index in [4.69, 9.17) is 28.6 Å². The average Bonchev–Trinajstić information content (AvgIpc) is 2.53. The Kier molecular flexibility index (Phi) is 4.44. The number of nitrogens with one attached hydrogen (secondary N) is 1. The average molecular weight is 372 g/mol. The first-order valence-electron chi connectivity index (χ1n) is 7.29. The van der Waals surface area contributed by atoms with Gasteiger partial charge in [-0.05, 0) is 42.4 Å². The molecule has 1 heterocycles. The van der Waals surface area contributed by atoms with Gasteiger partial charge >= 0.3 is 6.18 Å². The molecule has 2 nitrogen and oxygen atoms in total. The van der Waals surface area contributed by atoms with Crippen molar-refractivity contribution in [2.75, 3.05) is 5.32 Å². The van der Waals surface area contributed by atoms with Crippen LogP contribution >= 0.6 is 23.8 Å². The first kappa shape index (κ1) is 17.0. The van der Waals surface area contributed by atoms with Crippen LogP contribution in [-0.4, -0.2) is 5.17 Å². The zero-order chi connectivity index (χ0) is 17.5. The van der Waals surface area contributed by atoms with Crippen LogP contribution < -0.4 is 5.32 Å². The summed E-state index contributed by atoms with van der Waals surface area (Å²) in [6, 6.07) is 8.54. The number of hydrogen-bond donors (Lipinski definition) is 1. The third kappa shape index (κ3) is 3.08. The number of ether oxygens (including phenoxy) is 1. The Hall–Kier alpha value is -1.79. The van der Waals surface area contributed by atoms with Gasteiger partial charge in [0.15, 0.2) is 0 Å². The summed E-state index contributed by atoms with van der Waals surface area (Å²) in [6.07, 6.45) is -4.09. The zero-order valence-electron chi connectivity index (χ0n) is 12.6. The van der Waals surface area contributed by atoms with E-state index in [1.54, 1.807) is 18.2 Å². The molecule has 1 aliphatic heterocycles. The molecule has 1 unspecified atom stereocenters. The molecule has 2 aromatic carbocycles. The molecule has 0 saturated heterocycles. The molecule has 1 atom stereocenters. The summed E-state index contributed by atoms with van der Waals surface area (Å²) in [5.41, 5.74) is 1.65. The highest BCUT2D eigenvalue weighted by Crippen LogP contribution is 2.43. The second kappa shape index (κ2) is 6.26. The van der Waals surface area contributed by atoms with Gasteiger partial charge in [0, 0.05) is 11.1 Å². The minimum Gasteiger partial charge on any atom is -0.462 e. The summed E-state index contributed by atoms with van der Waals surface area (Å²) in [5, 5.41) is 3.55. The van der Waals surface area contributed by atoms with Gasteiger partial charge in [0.25, 0.3) is 5.17 Å². The van der Waals surface area contributed by atoms with Crippen LogP contribution in [0.25, 0.3) is 11.1 Å². The van der Waals surface area contributed by atoms with E-state index in [9.17, 15) is 13.2 Å². The van der Waals surface area contributed by atoms with Crippen LogP contribution in [0.4, 0.5) is 18.9 Å². The summed E-state index contributed by atoms with van der Waals surface area (Å²) in [7, 11) is 0. The first-order valence-corrected chi connectivity index (χ1v) is 8.07. The smallest absolute Gasteiger partial charge is 0.416 e. The molecule has 126 valence electrons. The van der Waals surface area contributed by atoms with Crippen molar-refractivity contribution in [1.29, 1.82) is 0 Å². The van der Waals surface area contributed by atoms with E-state index >= 15 is 0 Å². The van der Waals surface area contributed by atoms with Crippen LogP contribution in [0.1, 0.15) is 30.6 Å². The molecule has 24 heavy (non-hydrogen) atoms. The van der Waals surface area contributed by atoms with E-state index in [1.807, 2.05) is 6.92 Å². The topological polar surface area (TPSA) is 21.3 Å². The molecule has 7 heteroatoms. The third-order valence-corrected chi connectivity index (χ3v) is 4.46. The molecule has 1 aliphatic rings. The summed E-state index contributed by atoms with van der Waals surface area (Å²) < 4.78 is 44.4. The lowest BCUT2D eigenvalue weighted by Gasteiger charge is -2.29. The fraction of sp³-hybridized carbons (Fsp3) is 0.235. The van der Waals surface area contributed by atoms with Gasteiger partial charge in [-0.2, -0.15) is 13.2 Å². The molecule has 3 rings (SSSR count). The lowest BCUT2D eigenvalue weighted by molar-refractivity contribution is -0.137. The second-order valence-corrected chi connectivity index (χ2v) is 6.14. The van der Waals surface area contributed by atoms with Crippen molar-refractivity contribution in [2.45, 2.75) is 25.6 Å². The lowest BCUT2D eigenvalue weighted by Crippen LogP contribution is -2.24. The van der Waals surface area contributed by atoms with Crippen molar-refractivity contribution in [3.63, 3.8) is 0 Å². The Morgan fingerprint density at radius 1 is 1.25 bits per heavy atom. The molecule has 0 spiro atoms. The summed E-state index contributed by atoms with van der Waals surface area (Å²) in [4.78, 5) is 0. The molecule has 0 amide bonds. The Balaban J connectivity index is 2.13. The molecule has 2 aromatic rings. The number of alkyl halides is 3. The highest BCUT2D eigenvalue weighted by Gasteiger charge is 2.31. The van der Waals surface area contributed by atoms with Crippen molar-refractivity contribution < 1.29 is 17.9 Å². The molecular weight excluding hydrogens is 359 g/mol. The number of anilines is 1. The Labute approximate surface area is 147 Å². The summed E-state index contributed by atoms with van der Waals surface area (Å²) in [6.45, 7) is 1.93. The third-order valence-electron chi connectivity index (χ3n) is 3.86. The van der Waals surface area contributed by atoms with E-state index in [2.05, 4.69) is 5.32 Å². The monoisotopic (exact) mass is 371 g/mol. The number of rotatable bonds is 2. The van der Waals surface area contributed by atoms with E-state index in [0.29, 0.717) is 28.1 Å². The first-order chi connectivity index (χ1) is 11.3. The lowest BCUT2D eigenvalue weighted by atomic mass is 9.96. The molecular formula is C17H13ClF3NOS. The van der Waals surface area contributed by atoms with E-state index < -0.39 is 11.7 Å². The number of hydrogen-bond acceptors (Lipinski definition) is 2. The Bertz CT molecular complexity index is 807. The summed E-state index contributed by atoms with van der Waals surface area (Å²) >= 11 is 11.6. The van der Waals surface area contributed by atoms with Gasteiger partial charge in [-0.25, -0.2) is 0 Å². The molecule has 1 N–H and O–H groups in total.